The molecule has 6 nitrogen and oxygen atoms in total. The largest absolute Gasteiger partial charge is 0.480 e. The lowest BCUT2D eigenvalue weighted by atomic mass is 9.98. The summed E-state index contributed by atoms with van der Waals surface area (Å²) in [7, 11) is 0. The van der Waals surface area contributed by atoms with Crippen molar-refractivity contribution in [2.75, 3.05) is 19.9 Å². The van der Waals surface area contributed by atoms with E-state index in [2.05, 4.69) is 12.1 Å². The highest BCUT2D eigenvalue weighted by Gasteiger charge is 2.37. The number of carboxylic acids is 1. The van der Waals surface area contributed by atoms with Crippen molar-refractivity contribution in [3.8, 4) is 11.1 Å². The van der Waals surface area contributed by atoms with Gasteiger partial charge in [-0.05, 0) is 22.3 Å². The monoisotopic (exact) mass is 339 g/mol. The Morgan fingerprint density at radius 2 is 1.68 bits per heavy atom. The van der Waals surface area contributed by atoms with Crippen LogP contribution >= 0.6 is 0 Å². The third-order valence-electron chi connectivity index (χ3n) is 4.74. The summed E-state index contributed by atoms with van der Waals surface area (Å²) in [6, 6.07) is 15.1. The summed E-state index contributed by atoms with van der Waals surface area (Å²) in [5, 5.41) is 9.14. The van der Waals surface area contributed by atoms with Gasteiger partial charge in [-0.25, -0.2) is 9.59 Å². The molecule has 0 aromatic heterocycles. The molecule has 0 radical (unpaired) electrons. The highest BCUT2D eigenvalue weighted by molar-refractivity contribution is 5.81. The third kappa shape index (κ3) is 2.64. The number of carboxylic acid groups (broad SMARTS) is 1. The first kappa shape index (κ1) is 15.7. The summed E-state index contributed by atoms with van der Waals surface area (Å²) in [5.74, 6) is -1.14. The number of benzene rings is 2. The van der Waals surface area contributed by atoms with E-state index in [0.29, 0.717) is 0 Å². The van der Waals surface area contributed by atoms with Crippen molar-refractivity contribution in [3.05, 3.63) is 59.7 Å². The van der Waals surface area contributed by atoms with Crippen molar-refractivity contribution in [2.45, 2.75) is 12.0 Å². The molecule has 1 aliphatic heterocycles. The van der Waals surface area contributed by atoms with E-state index in [4.69, 9.17) is 14.6 Å². The molecule has 4 rings (SSSR count). The van der Waals surface area contributed by atoms with Crippen molar-refractivity contribution in [1.29, 1.82) is 0 Å². The quantitative estimate of drug-likeness (QED) is 0.930. The van der Waals surface area contributed by atoms with E-state index in [1.165, 1.54) is 0 Å². The van der Waals surface area contributed by atoms with Crippen molar-refractivity contribution in [1.82, 2.24) is 4.90 Å². The molecule has 0 bridgehead atoms. The number of carbonyl (C=O) groups is 2. The second kappa shape index (κ2) is 6.22. The summed E-state index contributed by atoms with van der Waals surface area (Å²) in [4.78, 5) is 24.6. The molecule has 0 spiro atoms. The lowest BCUT2D eigenvalue weighted by Crippen LogP contribution is -2.42. The van der Waals surface area contributed by atoms with E-state index < -0.39 is 18.1 Å². The molecular formula is C19H17NO5. The number of fused-ring (bicyclic) bond motifs is 3. The van der Waals surface area contributed by atoms with E-state index >= 15 is 0 Å². The molecule has 2 aliphatic rings. The molecule has 1 N–H and O–H groups in total. The number of rotatable bonds is 3. The molecule has 25 heavy (non-hydrogen) atoms. The average Bonchev–Trinajstić information content (AvgIpc) is 3.23. The van der Waals surface area contributed by atoms with E-state index in [1.54, 1.807) is 0 Å². The lowest BCUT2D eigenvalue weighted by Gasteiger charge is -2.21. The first-order chi connectivity index (χ1) is 12.2. The lowest BCUT2D eigenvalue weighted by molar-refractivity contribution is -0.141. The topological polar surface area (TPSA) is 76.1 Å². The normalized spacial score (nSPS) is 18.7. The Kier molecular flexibility index (Phi) is 3.89. The minimum atomic E-state index is -1.09. The van der Waals surface area contributed by atoms with Crippen molar-refractivity contribution in [2.24, 2.45) is 0 Å². The second-order valence-corrected chi connectivity index (χ2v) is 6.13. The van der Waals surface area contributed by atoms with Gasteiger partial charge in [0.15, 0.2) is 6.04 Å². The van der Waals surface area contributed by atoms with Gasteiger partial charge in [0.1, 0.15) is 13.3 Å². The number of ether oxygens (including phenoxy) is 2. The highest BCUT2D eigenvalue weighted by Crippen LogP contribution is 2.44. The average molecular weight is 339 g/mol. The maximum Gasteiger partial charge on any atom is 0.412 e. The summed E-state index contributed by atoms with van der Waals surface area (Å²) in [6.07, 6.45) is -0.660. The molecule has 1 atom stereocenters. The Hall–Kier alpha value is -2.86. The first-order valence-electron chi connectivity index (χ1n) is 8.09. The van der Waals surface area contributed by atoms with E-state index in [1.807, 2.05) is 36.4 Å². The predicted molar refractivity (Wildman–Crippen MR) is 89.2 cm³/mol. The molecule has 1 heterocycles. The number of nitrogens with zero attached hydrogens (tertiary/aromatic N) is 1. The van der Waals surface area contributed by atoms with Gasteiger partial charge < -0.3 is 14.6 Å². The molecule has 128 valence electrons. The van der Waals surface area contributed by atoms with Crippen LogP contribution in [0.1, 0.15) is 17.0 Å². The van der Waals surface area contributed by atoms with Crippen LogP contribution in [-0.4, -0.2) is 48.1 Å². The Morgan fingerprint density at radius 1 is 1.08 bits per heavy atom. The van der Waals surface area contributed by atoms with Gasteiger partial charge in [-0.3, -0.25) is 4.90 Å². The minimum absolute atomic E-state index is 0.0144. The van der Waals surface area contributed by atoms with E-state index in [9.17, 15) is 9.59 Å². The fourth-order valence-electron chi connectivity index (χ4n) is 3.50. The fraction of sp³-hybridized carbons (Fsp3) is 0.263. The third-order valence-corrected chi connectivity index (χ3v) is 4.74. The summed E-state index contributed by atoms with van der Waals surface area (Å²) >= 11 is 0. The number of amides is 1. The van der Waals surface area contributed by atoms with Crippen LogP contribution in [0.4, 0.5) is 4.79 Å². The Bertz CT molecular complexity index is 789. The van der Waals surface area contributed by atoms with Gasteiger partial charge in [-0.2, -0.15) is 0 Å². The molecule has 0 saturated carbocycles. The molecule has 1 amide bonds. The fourth-order valence-corrected chi connectivity index (χ4v) is 3.50. The van der Waals surface area contributed by atoms with Gasteiger partial charge in [0.05, 0.1) is 6.61 Å². The summed E-state index contributed by atoms with van der Waals surface area (Å²) in [5.41, 5.74) is 4.52. The van der Waals surface area contributed by atoms with E-state index in [-0.39, 0.29) is 25.9 Å². The van der Waals surface area contributed by atoms with Crippen LogP contribution in [0.15, 0.2) is 48.5 Å². The van der Waals surface area contributed by atoms with Gasteiger partial charge in [-0.15, -0.1) is 0 Å². The van der Waals surface area contributed by atoms with Crippen LogP contribution in [0.25, 0.3) is 11.1 Å². The standard InChI is InChI=1S/C19H17NO5/c21-18(22)17-10-24-11-20(17)19(23)25-9-16-14-7-3-1-5-12(14)13-6-2-4-8-15(13)16/h1-8,16-17H,9-11H2,(H,21,22)/t17-/m1/s1. The molecule has 6 heteroatoms. The van der Waals surface area contributed by atoms with Gasteiger partial charge in [0.2, 0.25) is 0 Å². The van der Waals surface area contributed by atoms with Gasteiger partial charge >= 0.3 is 12.1 Å². The molecule has 1 fully saturated rings. The van der Waals surface area contributed by atoms with Gasteiger partial charge in [0.25, 0.3) is 0 Å². The van der Waals surface area contributed by atoms with Crippen LogP contribution in [-0.2, 0) is 14.3 Å². The van der Waals surface area contributed by atoms with Crippen molar-refractivity contribution >= 4 is 12.1 Å². The number of hydrogen-bond donors (Lipinski definition) is 1. The SMILES string of the molecule is O=C(O)[C@H]1COCN1C(=O)OCC1c2ccccc2-c2ccccc21. The maximum absolute atomic E-state index is 12.3. The number of carbonyl (C=O) groups excluding carboxylic acids is 1. The second-order valence-electron chi connectivity index (χ2n) is 6.13. The van der Waals surface area contributed by atoms with Gasteiger partial charge in [0, 0.05) is 5.92 Å². The molecule has 1 aliphatic carbocycles. The highest BCUT2D eigenvalue weighted by atomic mass is 16.6. The Labute approximate surface area is 144 Å². The first-order valence-corrected chi connectivity index (χ1v) is 8.09. The molecule has 0 unspecified atom stereocenters. The van der Waals surface area contributed by atoms with Crippen LogP contribution in [0, 0.1) is 0 Å². The van der Waals surface area contributed by atoms with Crippen LogP contribution in [0.3, 0.4) is 0 Å². The zero-order chi connectivity index (χ0) is 17.4. The van der Waals surface area contributed by atoms with Crippen LogP contribution < -0.4 is 0 Å². The zero-order valence-electron chi connectivity index (χ0n) is 13.4. The molecule has 1 saturated heterocycles. The van der Waals surface area contributed by atoms with Crippen LogP contribution in [0.2, 0.25) is 0 Å². The van der Waals surface area contributed by atoms with Gasteiger partial charge in [-0.1, -0.05) is 48.5 Å². The smallest absolute Gasteiger partial charge is 0.412 e. The van der Waals surface area contributed by atoms with Crippen molar-refractivity contribution < 1.29 is 24.2 Å². The Balaban J connectivity index is 1.53. The van der Waals surface area contributed by atoms with Crippen molar-refractivity contribution in [3.63, 3.8) is 0 Å². The predicted octanol–water partition coefficient (Wildman–Crippen LogP) is 2.68. The number of hydrogen-bond acceptors (Lipinski definition) is 4. The Morgan fingerprint density at radius 3 is 2.28 bits per heavy atom. The summed E-state index contributed by atoms with van der Waals surface area (Å²) in [6.45, 7) is 0.0862. The molecule has 2 aromatic carbocycles. The molecular weight excluding hydrogens is 322 g/mol. The maximum atomic E-state index is 12.3. The summed E-state index contributed by atoms with van der Waals surface area (Å²) < 4.78 is 10.5. The zero-order valence-corrected chi connectivity index (χ0v) is 13.4. The van der Waals surface area contributed by atoms with Crippen LogP contribution in [0.5, 0.6) is 0 Å². The number of aliphatic carboxylic acids is 1. The molecule has 2 aromatic rings. The minimum Gasteiger partial charge on any atom is -0.480 e. The van der Waals surface area contributed by atoms with E-state index in [0.717, 1.165) is 27.2 Å².